The van der Waals surface area contributed by atoms with Crippen LogP contribution >= 0.6 is 0 Å². The summed E-state index contributed by atoms with van der Waals surface area (Å²) < 4.78 is 4.93. The molecule has 0 fully saturated rings. The molecule has 0 saturated carbocycles. The van der Waals surface area contributed by atoms with Crippen molar-refractivity contribution in [2.24, 2.45) is 5.73 Å². The van der Waals surface area contributed by atoms with Crippen LogP contribution in [0.5, 0.6) is 0 Å². The maximum atomic E-state index is 11.0. The number of benzene rings is 1. The smallest absolute Gasteiger partial charge is 0.408 e. The number of H-pyrrole nitrogens is 1. The van der Waals surface area contributed by atoms with Gasteiger partial charge in [-0.2, -0.15) is 0 Å². The molecule has 1 aromatic heterocycles. The zero-order chi connectivity index (χ0) is 11.5. The van der Waals surface area contributed by atoms with Gasteiger partial charge in [0.05, 0.1) is 5.52 Å². The number of rotatable bonds is 4. The Morgan fingerprint density at radius 2 is 2.31 bits per heavy atom. The standard InChI is InChI=1S/C12H16N2O2/c1-8(13)3-2-4-9-5-6-11-10(7-9)14-12(15)16-11/h5-8H,2-4,13H2,1H3,(H,14,15). The Kier molecular flexibility index (Phi) is 3.10. The van der Waals surface area contributed by atoms with E-state index in [9.17, 15) is 4.79 Å². The van der Waals surface area contributed by atoms with Crippen LogP contribution in [0.4, 0.5) is 0 Å². The van der Waals surface area contributed by atoms with Crippen molar-refractivity contribution in [1.82, 2.24) is 4.98 Å². The highest BCUT2D eigenvalue weighted by atomic mass is 16.4. The fourth-order valence-electron chi connectivity index (χ4n) is 1.78. The Morgan fingerprint density at radius 1 is 1.50 bits per heavy atom. The second-order valence-electron chi connectivity index (χ2n) is 4.21. The Morgan fingerprint density at radius 3 is 3.06 bits per heavy atom. The van der Waals surface area contributed by atoms with Gasteiger partial charge in [-0.1, -0.05) is 6.07 Å². The molecule has 1 aromatic carbocycles. The van der Waals surface area contributed by atoms with Gasteiger partial charge in [0.1, 0.15) is 0 Å². The van der Waals surface area contributed by atoms with E-state index in [2.05, 4.69) is 4.98 Å². The topological polar surface area (TPSA) is 72.0 Å². The van der Waals surface area contributed by atoms with E-state index in [1.54, 1.807) is 0 Å². The Balaban J connectivity index is 2.10. The third-order valence-electron chi connectivity index (χ3n) is 2.61. The molecule has 4 heteroatoms. The van der Waals surface area contributed by atoms with E-state index in [0.717, 1.165) is 24.8 Å². The molecule has 0 radical (unpaired) electrons. The molecule has 0 spiro atoms. The number of aryl methyl sites for hydroxylation is 1. The quantitative estimate of drug-likeness (QED) is 0.825. The zero-order valence-electron chi connectivity index (χ0n) is 9.32. The number of hydrogen-bond acceptors (Lipinski definition) is 3. The van der Waals surface area contributed by atoms with Crippen molar-refractivity contribution >= 4 is 11.1 Å². The summed E-state index contributed by atoms with van der Waals surface area (Å²) in [7, 11) is 0. The van der Waals surface area contributed by atoms with Crippen molar-refractivity contribution in [2.45, 2.75) is 32.2 Å². The van der Waals surface area contributed by atoms with Crippen molar-refractivity contribution in [2.75, 3.05) is 0 Å². The molecule has 1 heterocycles. The second-order valence-corrected chi connectivity index (χ2v) is 4.21. The normalized spacial score (nSPS) is 13.1. The van der Waals surface area contributed by atoms with Crippen LogP contribution in [0.3, 0.4) is 0 Å². The van der Waals surface area contributed by atoms with Crippen molar-refractivity contribution < 1.29 is 4.42 Å². The molecule has 86 valence electrons. The van der Waals surface area contributed by atoms with Crippen LogP contribution in [-0.4, -0.2) is 11.0 Å². The summed E-state index contributed by atoms with van der Waals surface area (Å²) in [6, 6.07) is 6.02. The number of aromatic amines is 1. The number of aromatic nitrogens is 1. The molecular weight excluding hydrogens is 204 g/mol. The van der Waals surface area contributed by atoms with Gasteiger partial charge in [0, 0.05) is 6.04 Å². The molecule has 0 aliphatic heterocycles. The van der Waals surface area contributed by atoms with Crippen LogP contribution in [0.2, 0.25) is 0 Å². The van der Waals surface area contributed by atoms with Crippen LogP contribution < -0.4 is 11.5 Å². The van der Waals surface area contributed by atoms with E-state index in [0.29, 0.717) is 5.58 Å². The number of oxazole rings is 1. The molecule has 0 bridgehead atoms. The van der Waals surface area contributed by atoms with E-state index in [-0.39, 0.29) is 6.04 Å². The monoisotopic (exact) mass is 220 g/mol. The molecular formula is C12H16N2O2. The summed E-state index contributed by atoms with van der Waals surface area (Å²) >= 11 is 0. The van der Waals surface area contributed by atoms with E-state index >= 15 is 0 Å². The lowest BCUT2D eigenvalue weighted by Gasteiger charge is -2.04. The van der Waals surface area contributed by atoms with E-state index < -0.39 is 5.76 Å². The second kappa shape index (κ2) is 4.53. The summed E-state index contributed by atoms with van der Waals surface area (Å²) in [6.07, 6.45) is 3.05. The third-order valence-corrected chi connectivity index (χ3v) is 2.61. The van der Waals surface area contributed by atoms with Crippen LogP contribution in [0, 0.1) is 0 Å². The highest BCUT2D eigenvalue weighted by Gasteiger charge is 2.02. The maximum Gasteiger partial charge on any atom is 0.417 e. The first kappa shape index (κ1) is 11.0. The number of nitrogens with one attached hydrogen (secondary N) is 1. The van der Waals surface area contributed by atoms with Crippen molar-refractivity contribution in [1.29, 1.82) is 0 Å². The highest BCUT2D eigenvalue weighted by molar-refractivity contribution is 5.72. The Labute approximate surface area is 93.5 Å². The van der Waals surface area contributed by atoms with Gasteiger partial charge in [-0.25, -0.2) is 4.79 Å². The summed E-state index contributed by atoms with van der Waals surface area (Å²) in [5.74, 6) is -0.400. The molecule has 16 heavy (non-hydrogen) atoms. The predicted octanol–water partition coefficient (Wildman–Crippen LogP) is 1.79. The third kappa shape index (κ3) is 2.52. The number of nitrogens with two attached hydrogens (primary N) is 1. The summed E-state index contributed by atoms with van der Waals surface area (Å²) in [6.45, 7) is 2.01. The molecule has 0 saturated heterocycles. The lowest BCUT2D eigenvalue weighted by molar-refractivity contribution is 0.555. The summed E-state index contributed by atoms with van der Waals surface area (Å²) in [4.78, 5) is 13.6. The van der Waals surface area contributed by atoms with Crippen LogP contribution in [-0.2, 0) is 6.42 Å². The summed E-state index contributed by atoms with van der Waals surface area (Å²) in [5, 5.41) is 0. The largest absolute Gasteiger partial charge is 0.417 e. The van der Waals surface area contributed by atoms with Crippen LogP contribution in [0.1, 0.15) is 25.3 Å². The molecule has 0 amide bonds. The average molecular weight is 220 g/mol. The van der Waals surface area contributed by atoms with Gasteiger partial charge >= 0.3 is 5.76 Å². The van der Waals surface area contributed by atoms with Crippen molar-refractivity contribution in [3.8, 4) is 0 Å². The van der Waals surface area contributed by atoms with Gasteiger partial charge in [0.25, 0.3) is 0 Å². The van der Waals surface area contributed by atoms with Gasteiger partial charge < -0.3 is 10.2 Å². The Bertz CT molecular complexity index is 525. The van der Waals surface area contributed by atoms with Crippen molar-refractivity contribution in [3.63, 3.8) is 0 Å². The first-order valence-electron chi connectivity index (χ1n) is 5.52. The lowest BCUT2D eigenvalue weighted by Crippen LogP contribution is -2.14. The first-order chi connectivity index (χ1) is 7.65. The molecule has 1 unspecified atom stereocenters. The van der Waals surface area contributed by atoms with Crippen molar-refractivity contribution in [3.05, 3.63) is 34.3 Å². The highest BCUT2D eigenvalue weighted by Crippen LogP contribution is 2.14. The number of fused-ring (bicyclic) bond motifs is 1. The predicted molar refractivity (Wildman–Crippen MR) is 63.4 cm³/mol. The van der Waals surface area contributed by atoms with Gasteiger partial charge in [0.2, 0.25) is 0 Å². The van der Waals surface area contributed by atoms with Gasteiger partial charge in [-0.15, -0.1) is 0 Å². The molecule has 3 N–H and O–H groups in total. The zero-order valence-corrected chi connectivity index (χ0v) is 9.32. The minimum absolute atomic E-state index is 0.248. The average Bonchev–Trinajstić information content (AvgIpc) is 2.56. The fraction of sp³-hybridized carbons (Fsp3) is 0.417. The molecule has 0 aliphatic rings. The molecule has 1 atom stereocenters. The molecule has 0 aliphatic carbocycles. The van der Waals surface area contributed by atoms with E-state index in [1.165, 1.54) is 5.56 Å². The fourth-order valence-corrected chi connectivity index (χ4v) is 1.78. The molecule has 4 nitrogen and oxygen atoms in total. The van der Waals surface area contributed by atoms with E-state index in [1.807, 2.05) is 25.1 Å². The van der Waals surface area contributed by atoms with Gasteiger partial charge in [0.15, 0.2) is 5.58 Å². The molecule has 2 aromatic rings. The van der Waals surface area contributed by atoms with Crippen LogP contribution in [0.25, 0.3) is 11.1 Å². The Hall–Kier alpha value is -1.55. The van der Waals surface area contributed by atoms with Gasteiger partial charge in [-0.3, -0.25) is 4.98 Å². The minimum atomic E-state index is -0.400. The lowest BCUT2D eigenvalue weighted by atomic mass is 10.1. The first-order valence-corrected chi connectivity index (χ1v) is 5.52. The van der Waals surface area contributed by atoms with E-state index in [4.69, 9.17) is 10.2 Å². The van der Waals surface area contributed by atoms with Gasteiger partial charge in [-0.05, 0) is 43.9 Å². The SMILES string of the molecule is CC(N)CCCc1ccc2oc(=O)[nH]c2c1. The maximum absolute atomic E-state index is 11.0. The number of hydrogen-bond donors (Lipinski definition) is 2. The summed E-state index contributed by atoms with van der Waals surface area (Å²) in [5.41, 5.74) is 8.27. The molecule has 2 rings (SSSR count). The minimum Gasteiger partial charge on any atom is -0.408 e. The van der Waals surface area contributed by atoms with Crippen LogP contribution in [0.15, 0.2) is 27.4 Å².